The van der Waals surface area contributed by atoms with Crippen LogP contribution in [-0.2, 0) is 6.61 Å². The summed E-state index contributed by atoms with van der Waals surface area (Å²) in [5.74, 6) is -0.458. The van der Waals surface area contributed by atoms with Crippen molar-refractivity contribution in [2.45, 2.75) is 13.5 Å². The number of amides is 1. The third kappa shape index (κ3) is 5.27. The number of ether oxygens (including phenoxy) is 1. The highest BCUT2D eigenvalue weighted by Crippen LogP contribution is 2.23. The molecule has 1 aromatic heterocycles. The molecule has 0 saturated heterocycles. The van der Waals surface area contributed by atoms with Gasteiger partial charge in [0.2, 0.25) is 5.88 Å². The third-order valence-corrected chi connectivity index (χ3v) is 5.35. The maximum Gasteiger partial charge on any atom is 0.271 e. The minimum atomic E-state index is -0.361. The van der Waals surface area contributed by atoms with Crippen molar-refractivity contribution in [1.29, 1.82) is 0 Å². The Morgan fingerprint density at radius 2 is 1.82 bits per heavy atom. The average molecular weight is 464 g/mol. The summed E-state index contributed by atoms with van der Waals surface area (Å²) in [6.45, 7) is 1.92. The fourth-order valence-corrected chi connectivity index (χ4v) is 3.31. The molecule has 0 atom stereocenters. The molecule has 0 fully saturated rings. The van der Waals surface area contributed by atoms with Crippen LogP contribution < -0.4 is 15.6 Å². The van der Waals surface area contributed by atoms with E-state index in [2.05, 4.69) is 10.4 Å². The fourth-order valence-electron chi connectivity index (χ4n) is 3.13. The first kappa shape index (κ1) is 22.2. The Balaban J connectivity index is 1.50. The molecule has 0 spiro atoms. The summed E-state index contributed by atoms with van der Waals surface area (Å²) in [7, 11) is 0. The monoisotopic (exact) mass is 463 g/mol. The summed E-state index contributed by atoms with van der Waals surface area (Å²) in [4.78, 5) is 24.9. The number of nitrogens with zero attached hydrogens (tertiary/aromatic N) is 2. The molecule has 166 valence electrons. The Labute approximate surface area is 194 Å². The number of anilines is 1. The van der Waals surface area contributed by atoms with Crippen LogP contribution in [-0.4, -0.2) is 15.7 Å². The van der Waals surface area contributed by atoms with E-state index in [0.29, 0.717) is 27.5 Å². The molecule has 4 rings (SSSR count). The summed E-state index contributed by atoms with van der Waals surface area (Å²) in [5.41, 5.74) is 2.55. The Kier molecular flexibility index (Phi) is 6.51. The molecule has 0 aliphatic rings. The first-order chi connectivity index (χ1) is 15.9. The quantitative estimate of drug-likeness (QED) is 0.428. The molecule has 6 nitrogen and oxygen atoms in total. The zero-order valence-corrected chi connectivity index (χ0v) is 18.3. The van der Waals surface area contributed by atoms with Crippen LogP contribution in [0.15, 0.2) is 83.7 Å². The lowest BCUT2D eigenvalue weighted by molar-refractivity contribution is 0.102. The Morgan fingerprint density at radius 3 is 2.58 bits per heavy atom. The molecule has 0 unspecified atom stereocenters. The van der Waals surface area contributed by atoms with Crippen LogP contribution in [0, 0.1) is 12.7 Å². The minimum absolute atomic E-state index is 0.102. The number of carbonyl (C=O) groups excluding carboxylic acids is 1. The smallest absolute Gasteiger partial charge is 0.271 e. The molecule has 0 saturated carbocycles. The van der Waals surface area contributed by atoms with E-state index >= 15 is 0 Å². The van der Waals surface area contributed by atoms with Gasteiger partial charge in [-0.15, -0.1) is 5.10 Å². The molecule has 3 aromatic carbocycles. The fraction of sp³-hybridized carbons (Fsp3) is 0.0800. The topological polar surface area (TPSA) is 73.2 Å². The zero-order valence-electron chi connectivity index (χ0n) is 17.6. The lowest BCUT2D eigenvalue weighted by Crippen LogP contribution is -2.21. The largest absolute Gasteiger partial charge is 0.472 e. The minimum Gasteiger partial charge on any atom is -0.472 e. The van der Waals surface area contributed by atoms with Crippen molar-refractivity contribution in [3.8, 4) is 11.6 Å². The summed E-state index contributed by atoms with van der Waals surface area (Å²) in [6, 6.07) is 20.5. The van der Waals surface area contributed by atoms with Crippen molar-refractivity contribution < 1.29 is 13.9 Å². The maximum absolute atomic E-state index is 13.3. The van der Waals surface area contributed by atoms with E-state index in [0.717, 1.165) is 5.56 Å². The summed E-state index contributed by atoms with van der Waals surface area (Å²) < 4.78 is 20.1. The molecule has 0 aliphatic carbocycles. The van der Waals surface area contributed by atoms with Gasteiger partial charge in [-0.2, -0.15) is 4.68 Å². The molecule has 0 radical (unpaired) electrons. The number of nitrogens with one attached hydrogen (secondary N) is 1. The highest BCUT2D eigenvalue weighted by Gasteiger charge is 2.11. The van der Waals surface area contributed by atoms with Gasteiger partial charge in [0.1, 0.15) is 12.4 Å². The summed E-state index contributed by atoms with van der Waals surface area (Å²) in [6.07, 6.45) is 0. The van der Waals surface area contributed by atoms with Crippen molar-refractivity contribution in [2.75, 3.05) is 5.32 Å². The number of benzene rings is 3. The van der Waals surface area contributed by atoms with Crippen LogP contribution >= 0.6 is 11.6 Å². The zero-order chi connectivity index (χ0) is 23.4. The number of carbonyl (C=O) groups is 1. The van der Waals surface area contributed by atoms with Gasteiger partial charge in [-0.25, -0.2) is 4.39 Å². The second-order valence-corrected chi connectivity index (χ2v) is 7.66. The standard InChI is InChI=1S/C25H19ClFN3O3/c1-16-21(26)6-3-7-22(16)28-25(32)18-8-10-20(11-9-18)30-24(31)13-12-23(29-30)33-15-17-4-2-5-19(27)14-17/h2-14H,15H2,1H3,(H,28,32). The summed E-state index contributed by atoms with van der Waals surface area (Å²) >= 11 is 6.11. The van der Waals surface area contributed by atoms with E-state index in [1.165, 1.54) is 28.9 Å². The molecule has 1 N–H and O–H groups in total. The van der Waals surface area contributed by atoms with Crippen LogP contribution in [0.3, 0.4) is 0 Å². The van der Waals surface area contributed by atoms with Crippen molar-refractivity contribution >= 4 is 23.2 Å². The highest BCUT2D eigenvalue weighted by atomic mass is 35.5. The van der Waals surface area contributed by atoms with Gasteiger partial charge in [-0.05, 0) is 66.6 Å². The number of halogens is 2. The lowest BCUT2D eigenvalue weighted by atomic mass is 10.1. The van der Waals surface area contributed by atoms with Crippen LogP contribution in [0.1, 0.15) is 21.5 Å². The number of hydrogen-bond acceptors (Lipinski definition) is 4. The van der Waals surface area contributed by atoms with Crippen LogP contribution in [0.2, 0.25) is 5.02 Å². The second-order valence-electron chi connectivity index (χ2n) is 7.25. The lowest BCUT2D eigenvalue weighted by Gasteiger charge is -2.11. The molecule has 1 amide bonds. The molecule has 0 aliphatic heterocycles. The first-order valence-corrected chi connectivity index (χ1v) is 10.4. The SMILES string of the molecule is Cc1c(Cl)cccc1NC(=O)c1ccc(-n2nc(OCc3cccc(F)c3)ccc2=O)cc1. The molecule has 1 heterocycles. The van der Waals surface area contributed by atoms with E-state index in [9.17, 15) is 14.0 Å². The number of rotatable bonds is 6. The van der Waals surface area contributed by atoms with Gasteiger partial charge in [0.15, 0.2) is 0 Å². The van der Waals surface area contributed by atoms with Crippen LogP contribution in [0.25, 0.3) is 5.69 Å². The Bertz CT molecular complexity index is 1370. The second kappa shape index (κ2) is 9.67. The number of aromatic nitrogens is 2. The molecular formula is C25H19ClFN3O3. The van der Waals surface area contributed by atoms with Gasteiger partial charge in [-0.3, -0.25) is 9.59 Å². The van der Waals surface area contributed by atoms with Gasteiger partial charge < -0.3 is 10.1 Å². The van der Waals surface area contributed by atoms with Gasteiger partial charge in [0, 0.05) is 28.4 Å². The third-order valence-electron chi connectivity index (χ3n) is 4.94. The number of hydrogen-bond donors (Lipinski definition) is 1. The van der Waals surface area contributed by atoms with Crippen molar-refractivity contribution in [2.24, 2.45) is 0 Å². The van der Waals surface area contributed by atoms with Crippen molar-refractivity contribution in [3.05, 3.63) is 117 Å². The highest BCUT2D eigenvalue weighted by molar-refractivity contribution is 6.31. The van der Waals surface area contributed by atoms with Gasteiger partial charge in [0.05, 0.1) is 5.69 Å². The predicted molar refractivity (Wildman–Crippen MR) is 125 cm³/mol. The molecule has 4 aromatic rings. The Morgan fingerprint density at radius 1 is 1.06 bits per heavy atom. The van der Waals surface area contributed by atoms with E-state index in [4.69, 9.17) is 16.3 Å². The average Bonchev–Trinajstić information content (AvgIpc) is 2.82. The van der Waals surface area contributed by atoms with E-state index in [-0.39, 0.29) is 29.8 Å². The van der Waals surface area contributed by atoms with Crippen molar-refractivity contribution in [3.63, 3.8) is 0 Å². The predicted octanol–water partition coefficient (Wildman–Crippen LogP) is 5.16. The molecule has 0 bridgehead atoms. The van der Waals surface area contributed by atoms with Gasteiger partial charge >= 0.3 is 0 Å². The Hall–Kier alpha value is -3.97. The maximum atomic E-state index is 13.3. The van der Waals surface area contributed by atoms with E-state index in [1.54, 1.807) is 54.6 Å². The van der Waals surface area contributed by atoms with Crippen LogP contribution in [0.5, 0.6) is 5.88 Å². The van der Waals surface area contributed by atoms with Gasteiger partial charge in [0.25, 0.3) is 11.5 Å². The normalized spacial score (nSPS) is 10.6. The summed E-state index contributed by atoms with van der Waals surface area (Å²) in [5, 5.41) is 7.61. The van der Waals surface area contributed by atoms with Crippen molar-refractivity contribution in [1.82, 2.24) is 9.78 Å². The van der Waals surface area contributed by atoms with E-state index < -0.39 is 0 Å². The molecular weight excluding hydrogens is 445 g/mol. The first-order valence-electron chi connectivity index (χ1n) is 10.1. The van der Waals surface area contributed by atoms with Gasteiger partial charge in [-0.1, -0.05) is 29.8 Å². The molecule has 8 heteroatoms. The molecule has 33 heavy (non-hydrogen) atoms. The van der Waals surface area contributed by atoms with Crippen LogP contribution in [0.4, 0.5) is 10.1 Å². The van der Waals surface area contributed by atoms with E-state index in [1.807, 2.05) is 6.92 Å².